The van der Waals surface area contributed by atoms with Crippen LogP contribution in [0.25, 0.3) is 27.9 Å². The summed E-state index contributed by atoms with van der Waals surface area (Å²) in [6, 6.07) is 8.39. The smallest absolute Gasteiger partial charge is 0.358 e. The number of nitrogens with zero attached hydrogens (tertiary/aromatic N) is 6. The number of carbonyl (C=O) groups excluding carboxylic acids is 1. The Kier molecular flexibility index (Phi) is 5.81. The van der Waals surface area contributed by atoms with Gasteiger partial charge in [-0.15, -0.1) is 0 Å². The number of hydrogen-bond donors (Lipinski definition) is 1. The first-order valence-corrected chi connectivity index (χ1v) is 11.3. The molecule has 4 aromatic heterocycles. The number of aryl methyl sites for hydroxylation is 1. The van der Waals surface area contributed by atoms with E-state index in [1.54, 1.807) is 39.9 Å². The molecule has 0 bridgehead atoms. The van der Waals surface area contributed by atoms with Gasteiger partial charge in [-0.1, -0.05) is 29.4 Å². The molecule has 5 aromatic rings. The Morgan fingerprint density at radius 3 is 2.41 bits per heavy atom. The third-order valence-electron chi connectivity index (χ3n) is 6.13. The highest BCUT2D eigenvalue weighted by molar-refractivity contribution is 5.91. The number of amides is 1. The maximum Gasteiger partial charge on any atom is 0.401 e. The molecule has 1 aromatic carbocycles. The minimum Gasteiger partial charge on any atom is -0.358 e. The van der Waals surface area contributed by atoms with Crippen LogP contribution in [0.5, 0.6) is 0 Å². The summed E-state index contributed by atoms with van der Waals surface area (Å²) < 4.78 is 47.8. The number of hydrogen-bond acceptors (Lipinski definition) is 6. The molecule has 190 valence electrons. The summed E-state index contributed by atoms with van der Waals surface area (Å²) in [6.07, 6.45) is 4.51. The molecule has 0 radical (unpaired) electrons. The van der Waals surface area contributed by atoms with Gasteiger partial charge in [-0.3, -0.25) is 9.48 Å². The summed E-state index contributed by atoms with van der Waals surface area (Å²) in [5.74, 6) is -0.885. The average molecular weight is 509 g/mol. The van der Waals surface area contributed by atoms with Crippen LogP contribution < -0.4 is 5.32 Å². The van der Waals surface area contributed by atoms with Gasteiger partial charge in [-0.2, -0.15) is 23.4 Å². The van der Waals surface area contributed by atoms with E-state index < -0.39 is 17.5 Å². The monoisotopic (exact) mass is 509 g/mol. The third kappa shape index (κ3) is 4.69. The average Bonchev–Trinajstić information content (AvgIpc) is 3.58. The fourth-order valence-corrected chi connectivity index (χ4v) is 3.74. The van der Waals surface area contributed by atoms with Crippen LogP contribution >= 0.6 is 0 Å². The largest absolute Gasteiger partial charge is 0.401 e. The number of benzene rings is 1. The van der Waals surface area contributed by atoms with Gasteiger partial charge in [0.15, 0.2) is 17.2 Å². The first kappa shape index (κ1) is 24.2. The zero-order valence-electron chi connectivity index (χ0n) is 20.1. The molecule has 0 aliphatic heterocycles. The Hall–Kier alpha value is -4.48. The van der Waals surface area contributed by atoms with Crippen molar-refractivity contribution < 1.29 is 22.5 Å². The number of halogens is 3. The molecular formula is C25H22F3N7O2. The Morgan fingerprint density at radius 2 is 1.73 bits per heavy atom. The van der Waals surface area contributed by atoms with E-state index in [1.165, 1.54) is 0 Å². The molecule has 12 heteroatoms. The Labute approximate surface area is 208 Å². The van der Waals surface area contributed by atoms with E-state index in [9.17, 15) is 18.0 Å². The van der Waals surface area contributed by atoms with Crippen molar-refractivity contribution in [2.45, 2.75) is 31.9 Å². The fraction of sp³-hybridized carbons (Fsp3) is 0.240. The van der Waals surface area contributed by atoms with E-state index in [0.29, 0.717) is 11.2 Å². The summed E-state index contributed by atoms with van der Waals surface area (Å²) >= 11 is 0. The number of carbonyl (C=O) groups is 1. The van der Waals surface area contributed by atoms with Gasteiger partial charge < -0.3 is 9.84 Å². The minimum atomic E-state index is -4.52. The van der Waals surface area contributed by atoms with Crippen LogP contribution in [0.3, 0.4) is 0 Å². The van der Waals surface area contributed by atoms with Crippen LogP contribution in [0, 0.1) is 0 Å². The molecule has 37 heavy (non-hydrogen) atoms. The standard InChI is InChI=1S/C25H22F3N7O2/c1-24(2,25(26,27)28)20-9-21(33-37-20)32-22(36)8-15-4-6-16(7-5-15)19-12-31-35-14-17(10-29-23(19)35)18-11-30-34(3)13-18/h4-7,9-14H,8H2,1-3H3,(H,32,33,36). The Morgan fingerprint density at radius 1 is 1.00 bits per heavy atom. The maximum absolute atomic E-state index is 13.2. The predicted octanol–water partition coefficient (Wildman–Crippen LogP) is 4.81. The summed E-state index contributed by atoms with van der Waals surface area (Å²) in [5.41, 5.74) is 2.69. The summed E-state index contributed by atoms with van der Waals surface area (Å²) in [4.78, 5) is 17.0. The second kappa shape index (κ2) is 8.87. The molecule has 0 aliphatic rings. The second-order valence-corrected chi connectivity index (χ2v) is 9.19. The fourth-order valence-electron chi connectivity index (χ4n) is 3.74. The lowest BCUT2D eigenvalue weighted by atomic mass is 9.89. The molecule has 1 amide bonds. The van der Waals surface area contributed by atoms with E-state index >= 15 is 0 Å². The van der Waals surface area contributed by atoms with Gasteiger partial charge in [0.1, 0.15) is 5.41 Å². The topological polar surface area (TPSA) is 103 Å². The Bertz CT molecular complexity index is 1580. The van der Waals surface area contributed by atoms with Crippen molar-refractivity contribution >= 4 is 17.4 Å². The quantitative estimate of drug-likeness (QED) is 0.353. The first-order chi connectivity index (χ1) is 17.5. The molecular weight excluding hydrogens is 487 g/mol. The minimum absolute atomic E-state index is 0.00657. The van der Waals surface area contributed by atoms with E-state index in [0.717, 1.165) is 42.2 Å². The summed E-state index contributed by atoms with van der Waals surface area (Å²) in [5, 5.41) is 14.6. The van der Waals surface area contributed by atoms with Gasteiger partial charge in [-0.05, 0) is 25.0 Å². The highest BCUT2D eigenvalue weighted by Gasteiger charge is 2.51. The van der Waals surface area contributed by atoms with Crippen molar-refractivity contribution in [2.75, 3.05) is 5.32 Å². The van der Waals surface area contributed by atoms with Crippen molar-refractivity contribution in [1.29, 1.82) is 0 Å². The summed E-state index contributed by atoms with van der Waals surface area (Å²) in [7, 11) is 1.85. The lowest BCUT2D eigenvalue weighted by Gasteiger charge is -2.24. The highest BCUT2D eigenvalue weighted by atomic mass is 19.4. The van der Waals surface area contributed by atoms with Crippen molar-refractivity contribution in [3.05, 3.63) is 72.6 Å². The van der Waals surface area contributed by atoms with E-state index in [4.69, 9.17) is 4.52 Å². The molecule has 0 spiro atoms. The second-order valence-electron chi connectivity index (χ2n) is 9.19. The van der Waals surface area contributed by atoms with Gasteiger partial charge >= 0.3 is 6.18 Å². The van der Waals surface area contributed by atoms with Crippen LogP contribution in [-0.2, 0) is 23.7 Å². The number of aromatic nitrogens is 6. The van der Waals surface area contributed by atoms with Crippen LogP contribution in [0.2, 0.25) is 0 Å². The third-order valence-corrected chi connectivity index (χ3v) is 6.13. The summed E-state index contributed by atoms with van der Waals surface area (Å²) in [6.45, 7) is 1.97. The van der Waals surface area contributed by atoms with Gasteiger partial charge in [0.25, 0.3) is 0 Å². The number of fused-ring (bicyclic) bond motifs is 1. The number of anilines is 1. The molecule has 0 saturated heterocycles. The maximum atomic E-state index is 13.2. The van der Waals surface area contributed by atoms with Gasteiger partial charge in [0, 0.05) is 48.4 Å². The van der Waals surface area contributed by atoms with Gasteiger partial charge in [0.2, 0.25) is 5.91 Å². The molecule has 5 rings (SSSR count). The Balaban J connectivity index is 1.27. The van der Waals surface area contributed by atoms with Crippen LogP contribution in [0.4, 0.5) is 19.0 Å². The van der Waals surface area contributed by atoms with Gasteiger partial charge in [0.05, 0.1) is 18.8 Å². The molecule has 4 heterocycles. The van der Waals surface area contributed by atoms with Crippen LogP contribution in [-0.4, -0.2) is 41.6 Å². The lowest BCUT2D eigenvalue weighted by Crippen LogP contribution is -2.35. The van der Waals surface area contributed by atoms with Crippen LogP contribution in [0.15, 0.2) is 65.8 Å². The molecule has 0 aliphatic carbocycles. The van der Waals surface area contributed by atoms with Crippen molar-refractivity contribution in [3.8, 4) is 22.3 Å². The van der Waals surface area contributed by atoms with Crippen molar-refractivity contribution in [3.63, 3.8) is 0 Å². The van der Waals surface area contributed by atoms with E-state index in [2.05, 4.69) is 25.7 Å². The molecule has 0 fully saturated rings. The highest BCUT2D eigenvalue weighted by Crippen LogP contribution is 2.41. The lowest BCUT2D eigenvalue weighted by molar-refractivity contribution is -0.185. The van der Waals surface area contributed by atoms with Crippen LogP contribution in [0.1, 0.15) is 25.2 Å². The molecule has 0 saturated carbocycles. The first-order valence-electron chi connectivity index (χ1n) is 11.3. The molecule has 0 atom stereocenters. The number of nitrogens with one attached hydrogen (secondary N) is 1. The molecule has 0 unspecified atom stereocenters. The van der Waals surface area contributed by atoms with Crippen molar-refractivity contribution in [1.82, 2.24) is 29.5 Å². The van der Waals surface area contributed by atoms with E-state index in [-0.39, 0.29) is 18.0 Å². The predicted molar refractivity (Wildman–Crippen MR) is 129 cm³/mol. The SMILES string of the molecule is Cn1cc(-c2cnc3c(-c4ccc(CC(=O)Nc5cc(C(C)(C)C(F)(F)F)on5)cc4)cnn3c2)cn1. The normalized spacial score (nSPS) is 12.3. The zero-order valence-corrected chi connectivity index (χ0v) is 20.1. The number of rotatable bonds is 6. The number of alkyl halides is 3. The van der Waals surface area contributed by atoms with E-state index in [1.807, 2.05) is 31.6 Å². The van der Waals surface area contributed by atoms with Gasteiger partial charge in [-0.25, -0.2) is 9.50 Å². The van der Waals surface area contributed by atoms with Crippen molar-refractivity contribution in [2.24, 2.45) is 7.05 Å². The molecule has 1 N–H and O–H groups in total. The molecule has 9 nitrogen and oxygen atoms in total. The zero-order chi connectivity index (χ0) is 26.4.